The van der Waals surface area contributed by atoms with Gasteiger partial charge in [0.2, 0.25) is 5.91 Å². The molecule has 1 heterocycles. The van der Waals surface area contributed by atoms with Crippen LogP contribution in [-0.4, -0.2) is 11.0 Å². The minimum Gasteiger partial charge on any atom is -0.508 e. The first kappa shape index (κ1) is 11.7. The smallest absolute Gasteiger partial charge is 0.225 e. The normalized spacial score (nSPS) is 17.7. The maximum Gasteiger partial charge on any atom is 0.225 e. The second-order valence-electron chi connectivity index (χ2n) is 4.63. The Balaban J connectivity index is 2.08. The van der Waals surface area contributed by atoms with E-state index in [2.05, 4.69) is 5.32 Å². The molecule has 0 unspecified atom stereocenters. The summed E-state index contributed by atoms with van der Waals surface area (Å²) in [6.45, 7) is 0. The average molecular weight is 257 g/mol. The number of phenols is 1. The quantitative estimate of drug-likeness (QED) is 0.825. The standard InChI is InChI=1S/C15H12FNO2/c16-10-3-1-9(2-4-10)13-8-15(19)17-14-7-11(18)5-6-12(13)14/h1-7,13,18H,8H2,(H,17,19)/t13-/m0/s1. The van der Waals surface area contributed by atoms with Gasteiger partial charge in [0.25, 0.3) is 0 Å². The molecule has 2 aromatic rings. The van der Waals surface area contributed by atoms with Gasteiger partial charge in [-0.3, -0.25) is 4.79 Å². The van der Waals surface area contributed by atoms with Crippen molar-refractivity contribution in [3.05, 3.63) is 59.4 Å². The van der Waals surface area contributed by atoms with Gasteiger partial charge in [-0.05, 0) is 29.3 Å². The highest BCUT2D eigenvalue weighted by atomic mass is 19.1. The van der Waals surface area contributed by atoms with Gasteiger partial charge in [0, 0.05) is 24.1 Å². The Morgan fingerprint density at radius 1 is 1.16 bits per heavy atom. The number of hydrogen-bond acceptors (Lipinski definition) is 2. The molecule has 3 nitrogen and oxygen atoms in total. The molecule has 0 spiro atoms. The lowest BCUT2D eigenvalue weighted by atomic mass is 9.85. The Bertz CT molecular complexity index is 637. The molecule has 0 aromatic heterocycles. The zero-order valence-corrected chi connectivity index (χ0v) is 10.1. The lowest BCUT2D eigenvalue weighted by Gasteiger charge is -2.26. The third-order valence-electron chi connectivity index (χ3n) is 3.35. The second-order valence-corrected chi connectivity index (χ2v) is 4.63. The number of benzene rings is 2. The Morgan fingerprint density at radius 2 is 1.89 bits per heavy atom. The summed E-state index contributed by atoms with van der Waals surface area (Å²) in [5, 5.41) is 12.2. The number of carbonyl (C=O) groups is 1. The summed E-state index contributed by atoms with van der Waals surface area (Å²) in [6, 6.07) is 11.1. The lowest BCUT2D eigenvalue weighted by Crippen LogP contribution is -2.23. The van der Waals surface area contributed by atoms with Gasteiger partial charge >= 0.3 is 0 Å². The molecule has 1 amide bonds. The Kier molecular flexibility index (Phi) is 2.71. The molecular formula is C15H12FNO2. The van der Waals surface area contributed by atoms with Crippen LogP contribution in [0.4, 0.5) is 10.1 Å². The molecule has 2 N–H and O–H groups in total. The number of halogens is 1. The molecule has 1 aliphatic heterocycles. The molecule has 19 heavy (non-hydrogen) atoms. The SMILES string of the molecule is O=C1C[C@@H](c2ccc(F)cc2)c2ccc(O)cc2N1. The highest BCUT2D eigenvalue weighted by molar-refractivity contribution is 5.95. The van der Waals surface area contributed by atoms with E-state index < -0.39 is 0 Å². The van der Waals surface area contributed by atoms with Gasteiger partial charge in [-0.15, -0.1) is 0 Å². The van der Waals surface area contributed by atoms with E-state index in [-0.39, 0.29) is 23.4 Å². The summed E-state index contributed by atoms with van der Waals surface area (Å²) >= 11 is 0. The van der Waals surface area contributed by atoms with Crippen LogP contribution < -0.4 is 5.32 Å². The number of fused-ring (bicyclic) bond motifs is 1. The number of aromatic hydroxyl groups is 1. The first-order chi connectivity index (χ1) is 9.13. The van der Waals surface area contributed by atoms with Crippen molar-refractivity contribution < 1.29 is 14.3 Å². The number of phenolic OH excluding ortho intramolecular Hbond substituents is 1. The Hall–Kier alpha value is -2.36. The molecule has 2 aromatic carbocycles. The van der Waals surface area contributed by atoms with Gasteiger partial charge in [0.05, 0.1) is 0 Å². The van der Waals surface area contributed by atoms with Crippen molar-refractivity contribution in [2.24, 2.45) is 0 Å². The van der Waals surface area contributed by atoms with Crippen molar-refractivity contribution in [3.63, 3.8) is 0 Å². The highest BCUT2D eigenvalue weighted by Gasteiger charge is 2.26. The molecule has 1 atom stereocenters. The fourth-order valence-corrected chi connectivity index (χ4v) is 2.45. The molecule has 0 fully saturated rings. The van der Waals surface area contributed by atoms with Crippen molar-refractivity contribution in [2.75, 3.05) is 5.32 Å². The van der Waals surface area contributed by atoms with Crippen molar-refractivity contribution in [1.29, 1.82) is 0 Å². The molecule has 4 heteroatoms. The van der Waals surface area contributed by atoms with Crippen LogP contribution in [0.15, 0.2) is 42.5 Å². The molecule has 96 valence electrons. The number of nitrogens with one attached hydrogen (secondary N) is 1. The number of anilines is 1. The van der Waals surface area contributed by atoms with Crippen LogP contribution in [0.3, 0.4) is 0 Å². The average Bonchev–Trinajstić information content (AvgIpc) is 2.38. The minimum absolute atomic E-state index is 0.104. The number of hydrogen-bond donors (Lipinski definition) is 2. The van der Waals surface area contributed by atoms with Crippen LogP contribution in [0, 0.1) is 5.82 Å². The molecule has 0 saturated heterocycles. The summed E-state index contributed by atoms with van der Waals surface area (Å²) in [7, 11) is 0. The third-order valence-corrected chi connectivity index (χ3v) is 3.35. The maximum absolute atomic E-state index is 13.0. The van der Waals surface area contributed by atoms with Crippen LogP contribution in [0.2, 0.25) is 0 Å². The van der Waals surface area contributed by atoms with Crippen molar-refractivity contribution in [2.45, 2.75) is 12.3 Å². The maximum atomic E-state index is 13.0. The van der Waals surface area contributed by atoms with Crippen LogP contribution in [0.25, 0.3) is 0 Å². The highest BCUT2D eigenvalue weighted by Crippen LogP contribution is 2.38. The van der Waals surface area contributed by atoms with Gasteiger partial charge in [-0.1, -0.05) is 18.2 Å². The summed E-state index contributed by atoms with van der Waals surface area (Å²) in [4.78, 5) is 11.7. The first-order valence-electron chi connectivity index (χ1n) is 6.02. The van der Waals surface area contributed by atoms with E-state index in [1.54, 1.807) is 24.3 Å². The molecule has 0 bridgehead atoms. The number of rotatable bonds is 1. The zero-order valence-electron chi connectivity index (χ0n) is 10.1. The Morgan fingerprint density at radius 3 is 2.63 bits per heavy atom. The molecule has 1 aliphatic rings. The van der Waals surface area contributed by atoms with Crippen molar-refractivity contribution in [3.8, 4) is 5.75 Å². The van der Waals surface area contributed by atoms with E-state index in [1.165, 1.54) is 18.2 Å². The zero-order chi connectivity index (χ0) is 13.4. The topological polar surface area (TPSA) is 49.3 Å². The molecule has 0 saturated carbocycles. The fourth-order valence-electron chi connectivity index (χ4n) is 2.45. The largest absolute Gasteiger partial charge is 0.508 e. The van der Waals surface area contributed by atoms with E-state index in [4.69, 9.17) is 0 Å². The predicted octanol–water partition coefficient (Wildman–Crippen LogP) is 3.01. The van der Waals surface area contributed by atoms with Gasteiger partial charge in [0.1, 0.15) is 11.6 Å². The Labute approximate surface area is 109 Å². The minimum atomic E-state index is -0.296. The number of amides is 1. The fraction of sp³-hybridized carbons (Fsp3) is 0.133. The molecule has 3 rings (SSSR count). The van der Waals surface area contributed by atoms with Crippen LogP contribution in [0.1, 0.15) is 23.5 Å². The molecule has 0 radical (unpaired) electrons. The lowest BCUT2D eigenvalue weighted by molar-refractivity contribution is -0.116. The van der Waals surface area contributed by atoms with Gasteiger partial charge in [0.15, 0.2) is 0 Å². The van der Waals surface area contributed by atoms with E-state index in [9.17, 15) is 14.3 Å². The van der Waals surface area contributed by atoms with Crippen LogP contribution >= 0.6 is 0 Å². The monoisotopic (exact) mass is 257 g/mol. The summed E-state index contributed by atoms with van der Waals surface area (Å²) in [5.41, 5.74) is 2.44. The predicted molar refractivity (Wildman–Crippen MR) is 69.6 cm³/mol. The number of carbonyl (C=O) groups excluding carboxylic acids is 1. The van der Waals surface area contributed by atoms with Crippen molar-refractivity contribution in [1.82, 2.24) is 0 Å². The van der Waals surface area contributed by atoms with E-state index in [1.807, 2.05) is 0 Å². The summed E-state index contributed by atoms with van der Waals surface area (Å²) < 4.78 is 13.0. The van der Waals surface area contributed by atoms with E-state index >= 15 is 0 Å². The van der Waals surface area contributed by atoms with Gasteiger partial charge in [-0.25, -0.2) is 4.39 Å². The van der Waals surface area contributed by atoms with Gasteiger partial charge in [-0.2, -0.15) is 0 Å². The van der Waals surface area contributed by atoms with E-state index in [0.717, 1.165) is 11.1 Å². The van der Waals surface area contributed by atoms with Crippen LogP contribution in [-0.2, 0) is 4.79 Å². The van der Waals surface area contributed by atoms with Crippen molar-refractivity contribution >= 4 is 11.6 Å². The molecule has 0 aliphatic carbocycles. The molecular weight excluding hydrogens is 245 g/mol. The second kappa shape index (κ2) is 4.39. The van der Waals surface area contributed by atoms with Gasteiger partial charge < -0.3 is 10.4 Å². The summed E-state index contributed by atoms with van der Waals surface area (Å²) in [6.07, 6.45) is 0.323. The third kappa shape index (κ3) is 2.17. The van der Waals surface area contributed by atoms with E-state index in [0.29, 0.717) is 12.1 Å². The van der Waals surface area contributed by atoms with Crippen LogP contribution in [0.5, 0.6) is 5.75 Å². The summed E-state index contributed by atoms with van der Waals surface area (Å²) in [5.74, 6) is -0.397. The first-order valence-corrected chi connectivity index (χ1v) is 6.02.